The van der Waals surface area contributed by atoms with Crippen molar-refractivity contribution in [2.45, 2.75) is 37.2 Å². The minimum atomic E-state index is -3.73. The molecule has 136 valence electrons. The lowest BCUT2D eigenvalue weighted by atomic mass is 10.1. The first-order chi connectivity index (χ1) is 11.6. The third-order valence-corrected chi connectivity index (χ3v) is 5.17. The molecule has 1 aromatic carbocycles. The molecule has 0 atom stereocenters. The van der Waals surface area contributed by atoms with E-state index in [1.807, 2.05) is 6.92 Å². The summed E-state index contributed by atoms with van der Waals surface area (Å²) in [5.74, 6) is 0.515. The van der Waals surface area contributed by atoms with Crippen LogP contribution < -0.4 is 10.5 Å². The third-order valence-electron chi connectivity index (χ3n) is 3.37. The summed E-state index contributed by atoms with van der Waals surface area (Å²) in [5, 5.41) is 8.46. The predicted octanol–water partition coefficient (Wildman–Crippen LogP) is 2.29. The number of aryl methyl sites for hydroxylation is 1. The molecule has 1 aromatic heterocycles. The van der Waals surface area contributed by atoms with Crippen LogP contribution >= 0.6 is 11.8 Å². The number of rotatable bonds is 7. The van der Waals surface area contributed by atoms with Crippen LogP contribution in [0.1, 0.15) is 25.2 Å². The first-order valence-electron chi connectivity index (χ1n) is 7.76. The summed E-state index contributed by atoms with van der Waals surface area (Å²) in [7, 11) is -3.73. The molecule has 2 rings (SSSR count). The van der Waals surface area contributed by atoms with Gasteiger partial charge in [-0.2, -0.15) is 0 Å². The van der Waals surface area contributed by atoms with Gasteiger partial charge < -0.3 is 10.3 Å². The standard InChI is InChI=1S/C16H22N4O3S2/c1-10(2)8-14-11(3)18-16(20-14)24-9-15(21)19-12-4-6-13(7-5-12)25(17,22)23/h4-7,10H,8-9H2,1-3H3,(H,18,20)(H,19,21)(H2,17,22,23). The van der Waals surface area contributed by atoms with Crippen molar-refractivity contribution in [3.8, 4) is 0 Å². The highest BCUT2D eigenvalue weighted by atomic mass is 32.2. The summed E-state index contributed by atoms with van der Waals surface area (Å²) in [5.41, 5.74) is 2.56. The molecule has 1 amide bonds. The van der Waals surface area contributed by atoms with Gasteiger partial charge in [0, 0.05) is 11.4 Å². The number of imidazole rings is 1. The normalized spacial score (nSPS) is 11.7. The molecule has 0 aliphatic carbocycles. The van der Waals surface area contributed by atoms with Crippen LogP contribution in [0, 0.1) is 12.8 Å². The zero-order valence-electron chi connectivity index (χ0n) is 14.4. The van der Waals surface area contributed by atoms with Gasteiger partial charge in [0.25, 0.3) is 0 Å². The molecule has 9 heteroatoms. The maximum Gasteiger partial charge on any atom is 0.238 e. The summed E-state index contributed by atoms with van der Waals surface area (Å²) in [6.45, 7) is 6.24. The van der Waals surface area contributed by atoms with Crippen LogP contribution in [-0.4, -0.2) is 30.0 Å². The summed E-state index contributed by atoms with van der Waals surface area (Å²) < 4.78 is 22.4. The number of carbonyl (C=O) groups is 1. The molecule has 2 aromatic rings. The highest BCUT2D eigenvalue weighted by Crippen LogP contribution is 2.19. The van der Waals surface area contributed by atoms with Crippen molar-refractivity contribution in [3.05, 3.63) is 35.7 Å². The number of benzene rings is 1. The van der Waals surface area contributed by atoms with E-state index in [1.165, 1.54) is 36.0 Å². The van der Waals surface area contributed by atoms with Crippen LogP contribution in [0.4, 0.5) is 5.69 Å². The number of nitrogens with zero attached hydrogens (tertiary/aromatic N) is 1. The third kappa shape index (κ3) is 5.87. The number of H-pyrrole nitrogens is 1. The first kappa shape index (κ1) is 19.5. The van der Waals surface area contributed by atoms with Gasteiger partial charge >= 0.3 is 0 Å². The van der Waals surface area contributed by atoms with Crippen LogP contribution in [0.3, 0.4) is 0 Å². The van der Waals surface area contributed by atoms with Crippen LogP contribution in [-0.2, 0) is 21.2 Å². The molecule has 0 aliphatic heterocycles. The number of sulfonamides is 1. The first-order valence-corrected chi connectivity index (χ1v) is 10.3. The molecule has 0 saturated carbocycles. The second-order valence-electron chi connectivity index (χ2n) is 6.12. The quantitative estimate of drug-likeness (QED) is 0.635. The number of thioether (sulfide) groups is 1. The topological polar surface area (TPSA) is 118 Å². The zero-order valence-corrected chi connectivity index (χ0v) is 16.0. The van der Waals surface area contributed by atoms with E-state index < -0.39 is 10.0 Å². The summed E-state index contributed by atoms with van der Waals surface area (Å²) in [4.78, 5) is 19.7. The van der Waals surface area contributed by atoms with E-state index in [1.54, 1.807) is 0 Å². The predicted molar refractivity (Wildman–Crippen MR) is 99.0 cm³/mol. The second-order valence-corrected chi connectivity index (χ2v) is 8.64. The van der Waals surface area contributed by atoms with Gasteiger partial charge in [0.2, 0.25) is 15.9 Å². The minimum absolute atomic E-state index is 0.00335. The lowest BCUT2D eigenvalue weighted by molar-refractivity contribution is -0.113. The lowest BCUT2D eigenvalue weighted by Crippen LogP contribution is -2.15. The highest BCUT2D eigenvalue weighted by molar-refractivity contribution is 7.99. The fourth-order valence-electron chi connectivity index (χ4n) is 2.18. The number of hydrogen-bond donors (Lipinski definition) is 3. The van der Waals surface area contributed by atoms with Crippen molar-refractivity contribution in [3.63, 3.8) is 0 Å². The van der Waals surface area contributed by atoms with Gasteiger partial charge in [0.05, 0.1) is 16.3 Å². The Hall–Kier alpha value is -1.84. The Kier molecular flexibility index (Phi) is 6.26. The number of anilines is 1. The molecule has 0 radical (unpaired) electrons. The second kappa shape index (κ2) is 8.03. The lowest BCUT2D eigenvalue weighted by Gasteiger charge is -2.05. The Morgan fingerprint density at radius 2 is 1.96 bits per heavy atom. The van der Waals surface area contributed by atoms with E-state index >= 15 is 0 Å². The van der Waals surface area contributed by atoms with Crippen LogP contribution in [0.2, 0.25) is 0 Å². The number of aromatic nitrogens is 2. The molecule has 0 fully saturated rings. The van der Waals surface area contributed by atoms with Gasteiger partial charge in [-0.3, -0.25) is 4.79 Å². The van der Waals surface area contributed by atoms with Gasteiger partial charge in [0.15, 0.2) is 5.16 Å². The van der Waals surface area contributed by atoms with Gasteiger partial charge in [-0.1, -0.05) is 25.6 Å². The van der Waals surface area contributed by atoms with Gasteiger partial charge in [-0.05, 0) is 43.5 Å². The molecule has 0 bridgehead atoms. The average Bonchev–Trinajstić information content (AvgIpc) is 2.84. The molecule has 1 heterocycles. The summed E-state index contributed by atoms with van der Waals surface area (Å²) in [6, 6.07) is 5.71. The number of primary sulfonamides is 1. The van der Waals surface area contributed by atoms with Gasteiger partial charge in [0.1, 0.15) is 0 Å². The molecule has 7 nitrogen and oxygen atoms in total. The van der Waals surface area contributed by atoms with Crippen LogP contribution in [0.15, 0.2) is 34.3 Å². The number of amides is 1. The molecule has 0 saturated heterocycles. The smallest absolute Gasteiger partial charge is 0.238 e. The molecule has 25 heavy (non-hydrogen) atoms. The molecule has 0 spiro atoms. The fourth-order valence-corrected chi connectivity index (χ4v) is 3.44. The molecule has 4 N–H and O–H groups in total. The number of hydrogen-bond acceptors (Lipinski definition) is 5. The molecular formula is C16H22N4O3S2. The Balaban J connectivity index is 1.90. The highest BCUT2D eigenvalue weighted by Gasteiger charge is 2.12. The maximum absolute atomic E-state index is 12.0. The van der Waals surface area contributed by atoms with Crippen LogP contribution in [0.5, 0.6) is 0 Å². The molecular weight excluding hydrogens is 360 g/mol. The Labute approximate surface area is 151 Å². The van der Waals surface area contributed by atoms with Crippen molar-refractivity contribution in [1.29, 1.82) is 0 Å². The molecule has 0 unspecified atom stereocenters. The van der Waals surface area contributed by atoms with E-state index in [0.717, 1.165) is 17.8 Å². The van der Waals surface area contributed by atoms with Gasteiger partial charge in [-0.25, -0.2) is 18.5 Å². The van der Waals surface area contributed by atoms with Crippen LogP contribution in [0.25, 0.3) is 0 Å². The number of aromatic amines is 1. The van der Waals surface area contributed by atoms with E-state index in [0.29, 0.717) is 16.8 Å². The Bertz CT molecular complexity index is 843. The van der Waals surface area contributed by atoms with Crippen molar-refractivity contribution in [1.82, 2.24) is 9.97 Å². The SMILES string of the molecule is Cc1[nH]c(SCC(=O)Nc2ccc(S(N)(=O)=O)cc2)nc1CC(C)C. The maximum atomic E-state index is 12.0. The minimum Gasteiger partial charge on any atom is -0.337 e. The molecule has 0 aliphatic rings. The van der Waals surface area contributed by atoms with Crippen molar-refractivity contribution in [2.24, 2.45) is 11.1 Å². The van der Waals surface area contributed by atoms with E-state index in [-0.39, 0.29) is 16.6 Å². The Morgan fingerprint density at radius 3 is 2.52 bits per heavy atom. The Morgan fingerprint density at radius 1 is 1.32 bits per heavy atom. The number of nitrogens with one attached hydrogen (secondary N) is 2. The average molecular weight is 383 g/mol. The van der Waals surface area contributed by atoms with E-state index in [9.17, 15) is 13.2 Å². The van der Waals surface area contributed by atoms with Crippen molar-refractivity contribution in [2.75, 3.05) is 11.1 Å². The van der Waals surface area contributed by atoms with E-state index in [4.69, 9.17) is 5.14 Å². The van der Waals surface area contributed by atoms with Crippen molar-refractivity contribution < 1.29 is 13.2 Å². The fraction of sp³-hybridized carbons (Fsp3) is 0.375. The number of carbonyl (C=O) groups excluding carboxylic acids is 1. The van der Waals surface area contributed by atoms with Crippen molar-refractivity contribution >= 4 is 33.4 Å². The number of nitrogens with two attached hydrogens (primary N) is 1. The monoisotopic (exact) mass is 382 g/mol. The van der Waals surface area contributed by atoms with Gasteiger partial charge in [-0.15, -0.1) is 0 Å². The summed E-state index contributed by atoms with van der Waals surface area (Å²) >= 11 is 1.32. The summed E-state index contributed by atoms with van der Waals surface area (Å²) in [6.07, 6.45) is 0.894. The largest absolute Gasteiger partial charge is 0.337 e. The zero-order chi connectivity index (χ0) is 18.6. The van der Waals surface area contributed by atoms with E-state index in [2.05, 4.69) is 29.1 Å².